The number of furan rings is 2. The van der Waals surface area contributed by atoms with Crippen LogP contribution in [0, 0.1) is 0 Å². The third kappa shape index (κ3) is 5.13. The molecule has 55 heavy (non-hydrogen) atoms. The summed E-state index contributed by atoms with van der Waals surface area (Å²) in [6, 6.07) is 70.9. The molecular formula is C52H33NO2. The number of benzene rings is 9. The molecule has 0 aliphatic rings. The van der Waals surface area contributed by atoms with Crippen LogP contribution in [0.2, 0.25) is 0 Å². The Balaban J connectivity index is 1.14. The maximum absolute atomic E-state index is 6.83. The van der Waals surface area contributed by atoms with Crippen LogP contribution in [-0.4, -0.2) is 0 Å². The fraction of sp³-hybridized carbons (Fsp3) is 0. The Kier molecular flexibility index (Phi) is 7.17. The molecule has 11 aromatic rings. The van der Waals surface area contributed by atoms with Gasteiger partial charge in [0.15, 0.2) is 5.58 Å². The van der Waals surface area contributed by atoms with Gasteiger partial charge in [0.2, 0.25) is 0 Å². The van der Waals surface area contributed by atoms with E-state index in [1.54, 1.807) is 0 Å². The van der Waals surface area contributed by atoms with Gasteiger partial charge in [-0.25, -0.2) is 0 Å². The van der Waals surface area contributed by atoms with Gasteiger partial charge in [0.1, 0.15) is 16.7 Å². The lowest BCUT2D eigenvalue weighted by Crippen LogP contribution is -2.11. The Morgan fingerprint density at radius 2 is 0.745 bits per heavy atom. The highest BCUT2D eigenvalue weighted by Crippen LogP contribution is 2.48. The van der Waals surface area contributed by atoms with E-state index in [1.807, 2.05) is 24.3 Å². The zero-order chi connectivity index (χ0) is 36.3. The summed E-state index contributed by atoms with van der Waals surface area (Å²) in [4.78, 5) is 2.33. The van der Waals surface area contributed by atoms with Crippen molar-refractivity contribution in [3.8, 4) is 33.4 Å². The minimum atomic E-state index is 0.832. The van der Waals surface area contributed by atoms with Crippen molar-refractivity contribution in [2.45, 2.75) is 0 Å². The fourth-order valence-corrected chi connectivity index (χ4v) is 8.32. The first-order chi connectivity index (χ1) is 27.3. The normalized spacial score (nSPS) is 11.6. The third-order valence-corrected chi connectivity index (χ3v) is 10.9. The van der Waals surface area contributed by atoms with Crippen molar-refractivity contribution < 1.29 is 8.83 Å². The van der Waals surface area contributed by atoms with Crippen molar-refractivity contribution in [3.05, 3.63) is 200 Å². The van der Waals surface area contributed by atoms with Crippen LogP contribution in [0.5, 0.6) is 0 Å². The fourth-order valence-electron chi connectivity index (χ4n) is 8.32. The van der Waals surface area contributed by atoms with Gasteiger partial charge < -0.3 is 13.7 Å². The summed E-state index contributed by atoms with van der Waals surface area (Å²) in [7, 11) is 0. The van der Waals surface area contributed by atoms with E-state index in [9.17, 15) is 0 Å². The van der Waals surface area contributed by atoms with Crippen molar-refractivity contribution >= 4 is 71.7 Å². The highest BCUT2D eigenvalue weighted by Gasteiger charge is 2.25. The van der Waals surface area contributed by atoms with Gasteiger partial charge in [-0.2, -0.15) is 0 Å². The smallest absolute Gasteiger partial charge is 0.160 e. The molecule has 0 saturated carbocycles. The number of rotatable bonds is 6. The molecule has 0 spiro atoms. The molecule has 2 aromatic heterocycles. The number of para-hydroxylation sites is 2. The molecule has 0 amide bonds. The highest BCUT2D eigenvalue weighted by molar-refractivity contribution is 6.14. The number of hydrogen-bond donors (Lipinski definition) is 0. The van der Waals surface area contributed by atoms with E-state index in [-0.39, 0.29) is 0 Å². The first kappa shape index (κ1) is 31.2. The molecule has 0 fully saturated rings. The Morgan fingerprint density at radius 3 is 1.40 bits per heavy atom. The molecule has 0 saturated heterocycles. The molecule has 0 N–H and O–H groups in total. The maximum atomic E-state index is 6.83. The first-order valence-corrected chi connectivity index (χ1v) is 18.7. The zero-order valence-electron chi connectivity index (χ0n) is 29.8. The SMILES string of the molecule is c1ccc(-c2ccc3c(oc4ccccc43)c2N(c2ccc(-c3ccc(-c4ccccc4)c4ccccc34)cc2)c2ccc3c(c2)oc2ccccc23)cc1. The number of hydrogen-bond acceptors (Lipinski definition) is 3. The standard InChI is InChI=1S/C52H33NO2/c1-3-13-34(14-4-1)39-29-30-40(43-18-8-7-17-42(39)43)36-23-25-37(26-24-36)53(38-27-28-46-44-19-9-11-21-48(44)54-50(46)33-38)51-41(35-15-5-2-6-16-35)31-32-47-45-20-10-12-22-49(45)55-52(47)51/h1-33H. The van der Waals surface area contributed by atoms with Gasteiger partial charge in [0.25, 0.3) is 0 Å². The van der Waals surface area contributed by atoms with Crippen LogP contribution in [0.25, 0.3) is 88.0 Å². The lowest BCUT2D eigenvalue weighted by molar-refractivity contribution is 0.667. The second-order valence-electron chi connectivity index (χ2n) is 14.0. The predicted octanol–water partition coefficient (Wildman–Crippen LogP) is 15.1. The van der Waals surface area contributed by atoms with Crippen LogP contribution in [0.1, 0.15) is 0 Å². The number of nitrogens with zero attached hydrogens (tertiary/aromatic N) is 1. The minimum absolute atomic E-state index is 0.832. The summed E-state index contributed by atoms with van der Waals surface area (Å²) in [6.07, 6.45) is 0. The van der Waals surface area contributed by atoms with Crippen molar-refractivity contribution in [2.24, 2.45) is 0 Å². The van der Waals surface area contributed by atoms with Gasteiger partial charge in [0.05, 0.1) is 11.4 Å². The summed E-state index contributed by atoms with van der Waals surface area (Å²) < 4.78 is 13.3. The van der Waals surface area contributed by atoms with Gasteiger partial charge >= 0.3 is 0 Å². The molecule has 3 heteroatoms. The van der Waals surface area contributed by atoms with Crippen LogP contribution in [-0.2, 0) is 0 Å². The summed E-state index contributed by atoms with van der Waals surface area (Å²) in [6.45, 7) is 0. The van der Waals surface area contributed by atoms with Gasteiger partial charge in [-0.15, -0.1) is 0 Å². The molecule has 0 aliphatic carbocycles. The van der Waals surface area contributed by atoms with Crippen LogP contribution >= 0.6 is 0 Å². The maximum Gasteiger partial charge on any atom is 0.160 e. The summed E-state index contributed by atoms with van der Waals surface area (Å²) >= 11 is 0. The third-order valence-electron chi connectivity index (χ3n) is 10.9. The second kappa shape index (κ2) is 12.6. The Bertz CT molecular complexity index is 3190. The van der Waals surface area contributed by atoms with E-state index in [4.69, 9.17) is 8.83 Å². The molecule has 0 bridgehead atoms. The van der Waals surface area contributed by atoms with E-state index in [0.29, 0.717) is 0 Å². The van der Waals surface area contributed by atoms with Crippen molar-refractivity contribution in [2.75, 3.05) is 4.90 Å². The Hall–Kier alpha value is -7.36. The van der Waals surface area contributed by atoms with E-state index in [2.05, 4.69) is 181 Å². The van der Waals surface area contributed by atoms with Gasteiger partial charge in [-0.05, 0) is 81.1 Å². The van der Waals surface area contributed by atoms with Crippen LogP contribution in [0.15, 0.2) is 209 Å². The molecule has 9 aromatic carbocycles. The van der Waals surface area contributed by atoms with Crippen LogP contribution < -0.4 is 4.90 Å². The van der Waals surface area contributed by atoms with E-state index in [0.717, 1.165) is 77.6 Å². The van der Waals surface area contributed by atoms with Crippen LogP contribution in [0.3, 0.4) is 0 Å². The molecule has 0 unspecified atom stereocenters. The Labute approximate surface area is 317 Å². The summed E-state index contributed by atoms with van der Waals surface area (Å²) in [5.74, 6) is 0. The topological polar surface area (TPSA) is 29.5 Å². The molecule has 11 rings (SSSR count). The number of anilines is 3. The summed E-state index contributed by atoms with van der Waals surface area (Å²) in [5.41, 5.74) is 13.3. The minimum Gasteiger partial charge on any atom is -0.456 e. The molecule has 2 heterocycles. The lowest BCUT2D eigenvalue weighted by Gasteiger charge is -2.28. The molecule has 0 radical (unpaired) electrons. The van der Waals surface area contributed by atoms with Gasteiger partial charge in [-0.1, -0.05) is 152 Å². The van der Waals surface area contributed by atoms with E-state index >= 15 is 0 Å². The largest absolute Gasteiger partial charge is 0.456 e. The summed E-state index contributed by atoms with van der Waals surface area (Å²) in [5, 5.41) is 6.82. The van der Waals surface area contributed by atoms with Gasteiger partial charge in [-0.3, -0.25) is 0 Å². The average molecular weight is 704 g/mol. The molecule has 3 nitrogen and oxygen atoms in total. The molecule has 0 atom stereocenters. The van der Waals surface area contributed by atoms with Gasteiger partial charge in [0, 0.05) is 38.9 Å². The quantitative estimate of drug-likeness (QED) is 0.173. The van der Waals surface area contributed by atoms with E-state index in [1.165, 1.54) is 27.5 Å². The molecular weight excluding hydrogens is 671 g/mol. The predicted molar refractivity (Wildman–Crippen MR) is 229 cm³/mol. The Morgan fingerprint density at radius 1 is 0.291 bits per heavy atom. The first-order valence-electron chi connectivity index (χ1n) is 18.7. The average Bonchev–Trinajstić information content (AvgIpc) is 3.83. The van der Waals surface area contributed by atoms with Crippen LogP contribution in [0.4, 0.5) is 17.1 Å². The molecule has 0 aliphatic heterocycles. The van der Waals surface area contributed by atoms with E-state index < -0.39 is 0 Å². The lowest BCUT2D eigenvalue weighted by atomic mass is 9.92. The van der Waals surface area contributed by atoms with Crippen molar-refractivity contribution in [1.82, 2.24) is 0 Å². The highest BCUT2D eigenvalue weighted by atomic mass is 16.3. The van der Waals surface area contributed by atoms with Crippen molar-refractivity contribution in [3.63, 3.8) is 0 Å². The van der Waals surface area contributed by atoms with Crippen molar-refractivity contribution in [1.29, 1.82) is 0 Å². The monoisotopic (exact) mass is 703 g/mol. The number of fused-ring (bicyclic) bond motifs is 7. The molecule has 258 valence electrons. The second-order valence-corrected chi connectivity index (χ2v) is 14.0. The zero-order valence-corrected chi connectivity index (χ0v) is 29.8.